The summed E-state index contributed by atoms with van der Waals surface area (Å²) in [5, 5.41) is 0.524. The zero-order valence-electron chi connectivity index (χ0n) is 8.18. The van der Waals surface area contributed by atoms with Gasteiger partial charge < -0.3 is 4.74 Å². The topological polar surface area (TPSA) is 35.0 Å². The van der Waals surface area contributed by atoms with Gasteiger partial charge in [-0.25, -0.2) is 9.97 Å². The van der Waals surface area contributed by atoms with E-state index in [9.17, 15) is 0 Å². The van der Waals surface area contributed by atoms with Gasteiger partial charge in [0.1, 0.15) is 11.0 Å². The van der Waals surface area contributed by atoms with Crippen LogP contribution in [0.2, 0.25) is 5.15 Å². The first-order valence-electron chi connectivity index (χ1n) is 4.38. The molecule has 0 bridgehead atoms. The molecule has 0 saturated heterocycles. The zero-order valence-corrected chi connectivity index (χ0v) is 11.1. The quantitative estimate of drug-likeness (QED) is 0.630. The highest BCUT2D eigenvalue weighted by Gasteiger charge is 2.09. The number of methoxy groups -OCH3 is 1. The van der Waals surface area contributed by atoms with Gasteiger partial charge in [-0.05, 0) is 29.0 Å². The van der Waals surface area contributed by atoms with Crippen molar-refractivity contribution in [1.29, 1.82) is 0 Å². The van der Waals surface area contributed by atoms with E-state index in [1.807, 2.05) is 0 Å². The van der Waals surface area contributed by atoms with E-state index in [-0.39, 0.29) is 0 Å². The number of nitrogens with zero attached hydrogens (tertiary/aromatic N) is 2. The minimum absolute atomic E-state index is 0.483. The van der Waals surface area contributed by atoms with Crippen molar-refractivity contribution in [3.63, 3.8) is 0 Å². The molecule has 14 heavy (non-hydrogen) atoms. The van der Waals surface area contributed by atoms with E-state index in [2.05, 4.69) is 39.5 Å². The smallest absolute Gasteiger partial charge is 0.146 e. The van der Waals surface area contributed by atoms with Crippen molar-refractivity contribution >= 4 is 34.2 Å². The number of halogens is 2. The predicted molar refractivity (Wildman–Crippen MR) is 64.5 cm³/mol. The molecule has 0 fully saturated rings. The number of hydrogen-bond donors (Lipinski definition) is 0. The Labute approximate surface area is 102 Å². The molecule has 5 heteroatoms. The van der Waals surface area contributed by atoms with Gasteiger partial charge in [0.25, 0.3) is 0 Å². The summed E-state index contributed by atoms with van der Waals surface area (Å²) in [4.78, 5) is 8.58. The highest BCUT2D eigenvalue weighted by atomic mass is 127. The summed E-state index contributed by atoms with van der Waals surface area (Å²) in [6.45, 7) is 2.57. The van der Waals surface area contributed by atoms with Gasteiger partial charge in [0.05, 0.1) is 15.9 Å². The molecule has 0 aromatic carbocycles. The standard InChI is InChI=1S/C9H12ClIN2O/c1-3-4-7-12-6(5-14-2)8(11)9(10)13-7/h3-5H2,1-2H3. The fourth-order valence-electron chi connectivity index (χ4n) is 1.08. The lowest BCUT2D eigenvalue weighted by Gasteiger charge is -2.06. The van der Waals surface area contributed by atoms with Crippen LogP contribution in [0, 0.1) is 3.57 Å². The maximum absolute atomic E-state index is 5.98. The Bertz CT molecular complexity index is 320. The van der Waals surface area contributed by atoms with Crippen molar-refractivity contribution in [3.8, 4) is 0 Å². The van der Waals surface area contributed by atoms with Crippen molar-refractivity contribution in [3.05, 3.63) is 20.2 Å². The molecule has 0 aliphatic carbocycles. The second-order valence-electron chi connectivity index (χ2n) is 2.87. The van der Waals surface area contributed by atoms with Crippen LogP contribution in [0.1, 0.15) is 24.9 Å². The van der Waals surface area contributed by atoms with Crippen molar-refractivity contribution < 1.29 is 4.74 Å². The fourth-order valence-corrected chi connectivity index (χ4v) is 1.68. The minimum atomic E-state index is 0.483. The number of ether oxygens (including phenoxy) is 1. The van der Waals surface area contributed by atoms with Gasteiger partial charge in [-0.15, -0.1) is 0 Å². The molecule has 0 aliphatic heterocycles. The van der Waals surface area contributed by atoms with E-state index in [4.69, 9.17) is 16.3 Å². The third-order valence-electron chi connectivity index (χ3n) is 1.68. The first-order valence-corrected chi connectivity index (χ1v) is 5.84. The molecule has 0 aliphatic rings. The van der Waals surface area contributed by atoms with Gasteiger partial charge in [0, 0.05) is 13.5 Å². The molecule has 1 rings (SSSR count). The molecule has 1 heterocycles. The fraction of sp³-hybridized carbons (Fsp3) is 0.556. The molecular weight excluding hydrogens is 314 g/mol. The molecule has 0 atom stereocenters. The highest BCUT2D eigenvalue weighted by Crippen LogP contribution is 2.20. The summed E-state index contributed by atoms with van der Waals surface area (Å²) in [6.07, 6.45) is 1.87. The average molecular weight is 327 g/mol. The van der Waals surface area contributed by atoms with Gasteiger partial charge in [-0.1, -0.05) is 18.5 Å². The van der Waals surface area contributed by atoms with Crippen molar-refractivity contribution in [2.24, 2.45) is 0 Å². The van der Waals surface area contributed by atoms with Crippen LogP contribution in [0.15, 0.2) is 0 Å². The van der Waals surface area contributed by atoms with Crippen LogP contribution in [-0.2, 0) is 17.8 Å². The Morgan fingerprint density at radius 2 is 2.14 bits per heavy atom. The maximum Gasteiger partial charge on any atom is 0.146 e. The maximum atomic E-state index is 5.98. The monoisotopic (exact) mass is 326 g/mol. The molecule has 0 spiro atoms. The Hall–Kier alpha value is 0.0600. The Balaban J connectivity index is 3.01. The normalized spacial score (nSPS) is 10.6. The van der Waals surface area contributed by atoms with Crippen LogP contribution >= 0.6 is 34.2 Å². The highest BCUT2D eigenvalue weighted by molar-refractivity contribution is 14.1. The van der Waals surface area contributed by atoms with Crippen molar-refractivity contribution in [1.82, 2.24) is 9.97 Å². The van der Waals surface area contributed by atoms with Crippen molar-refractivity contribution in [2.45, 2.75) is 26.4 Å². The van der Waals surface area contributed by atoms with Gasteiger partial charge in [-0.3, -0.25) is 0 Å². The second-order valence-corrected chi connectivity index (χ2v) is 4.31. The lowest BCUT2D eigenvalue weighted by Crippen LogP contribution is -2.04. The SMILES string of the molecule is CCCc1nc(Cl)c(I)c(COC)n1. The van der Waals surface area contributed by atoms with Crippen LogP contribution in [0.3, 0.4) is 0 Å². The average Bonchev–Trinajstić information content (AvgIpc) is 2.14. The molecule has 3 nitrogen and oxygen atoms in total. The van der Waals surface area contributed by atoms with Gasteiger partial charge in [0.2, 0.25) is 0 Å². The Morgan fingerprint density at radius 3 is 2.71 bits per heavy atom. The number of hydrogen-bond acceptors (Lipinski definition) is 3. The van der Waals surface area contributed by atoms with E-state index in [1.165, 1.54) is 0 Å². The van der Waals surface area contributed by atoms with Gasteiger partial charge in [0.15, 0.2) is 0 Å². The second kappa shape index (κ2) is 5.82. The molecule has 1 aromatic heterocycles. The van der Waals surface area contributed by atoms with Crippen LogP contribution < -0.4 is 0 Å². The first-order chi connectivity index (χ1) is 6.69. The van der Waals surface area contributed by atoms with E-state index in [1.54, 1.807) is 7.11 Å². The first kappa shape index (κ1) is 12.1. The van der Waals surface area contributed by atoms with Crippen LogP contribution in [0.4, 0.5) is 0 Å². The Morgan fingerprint density at radius 1 is 1.43 bits per heavy atom. The minimum Gasteiger partial charge on any atom is -0.378 e. The van der Waals surface area contributed by atoms with Gasteiger partial charge >= 0.3 is 0 Å². The van der Waals surface area contributed by atoms with Crippen LogP contribution in [0.5, 0.6) is 0 Å². The zero-order chi connectivity index (χ0) is 10.6. The predicted octanol–water partition coefficient (Wildman–Crippen LogP) is 2.83. The molecule has 78 valence electrons. The van der Waals surface area contributed by atoms with E-state index in [0.29, 0.717) is 11.8 Å². The van der Waals surface area contributed by atoms with Crippen molar-refractivity contribution in [2.75, 3.05) is 7.11 Å². The number of rotatable bonds is 4. The number of aromatic nitrogens is 2. The molecule has 0 amide bonds. The van der Waals surface area contributed by atoms with E-state index in [0.717, 1.165) is 27.9 Å². The molecule has 0 saturated carbocycles. The van der Waals surface area contributed by atoms with E-state index < -0.39 is 0 Å². The van der Waals surface area contributed by atoms with Crippen LogP contribution in [-0.4, -0.2) is 17.1 Å². The lowest BCUT2D eigenvalue weighted by atomic mass is 10.3. The summed E-state index contributed by atoms with van der Waals surface area (Å²) in [6, 6.07) is 0. The molecule has 0 N–H and O–H groups in total. The summed E-state index contributed by atoms with van der Waals surface area (Å²) in [5.41, 5.74) is 0.872. The number of aryl methyl sites for hydroxylation is 1. The molecule has 1 aromatic rings. The summed E-state index contributed by atoms with van der Waals surface area (Å²) < 4.78 is 5.92. The largest absolute Gasteiger partial charge is 0.378 e. The molecular formula is C9H12ClIN2O. The summed E-state index contributed by atoms with van der Waals surface area (Å²) >= 11 is 8.11. The molecule has 0 unspecified atom stereocenters. The third kappa shape index (κ3) is 3.03. The molecule has 0 radical (unpaired) electrons. The van der Waals surface area contributed by atoms with Gasteiger partial charge in [-0.2, -0.15) is 0 Å². The third-order valence-corrected chi connectivity index (χ3v) is 3.41. The lowest BCUT2D eigenvalue weighted by molar-refractivity contribution is 0.180. The summed E-state index contributed by atoms with van der Waals surface area (Å²) in [7, 11) is 1.64. The Kier molecular flexibility index (Phi) is 5.05. The van der Waals surface area contributed by atoms with E-state index >= 15 is 0 Å². The van der Waals surface area contributed by atoms with Crippen LogP contribution in [0.25, 0.3) is 0 Å². The summed E-state index contributed by atoms with van der Waals surface area (Å²) in [5.74, 6) is 0.796.